The first-order valence-electron chi connectivity index (χ1n) is 8.83. The number of pyridine rings is 1. The molecule has 3 rings (SSSR count). The van der Waals surface area contributed by atoms with Crippen molar-refractivity contribution >= 4 is 29.7 Å². The third-order valence-electron chi connectivity index (χ3n) is 4.22. The van der Waals surface area contributed by atoms with Crippen molar-refractivity contribution in [2.45, 2.75) is 17.6 Å². The molecule has 2 N–H and O–H groups in total. The Morgan fingerprint density at radius 2 is 2.10 bits per heavy atom. The molecule has 1 aromatic heterocycles. The van der Waals surface area contributed by atoms with E-state index in [1.54, 1.807) is 25.4 Å². The largest absolute Gasteiger partial charge is 0.491 e. The second kappa shape index (κ2) is 11.5. The Morgan fingerprint density at radius 3 is 2.72 bits per heavy atom. The van der Waals surface area contributed by atoms with E-state index in [1.165, 1.54) is 25.1 Å². The van der Waals surface area contributed by atoms with Gasteiger partial charge < -0.3 is 19.7 Å². The summed E-state index contributed by atoms with van der Waals surface area (Å²) in [4.78, 5) is 16.1. The number of hydrogen-bond acceptors (Lipinski definition) is 7. The Balaban J connectivity index is 0.000000221. The Bertz CT molecular complexity index is 813. The number of amides is 1. The summed E-state index contributed by atoms with van der Waals surface area (Å²) in [7, 11) is 4.80. The van der Waals surface area contributed by atoms with Gasteiger partial charge in [0.05, 0.1) is 18.9 Å². The van der Waals surface area contributed by atoms with Crippen molar-refractivity contribution in [2.75, 3.05) is 44.6 Å². The monoisotopic (exact) mass is 426 g/mol. The van der Waals surface area contributed by atoms with Crippen molar-refractivity contribution < 1.29 is 23.0 Å². The molecule has 7 nitrogen and oxygen atoms in total. The summed E-state index contributed by atoms with van der Waals surface area (Å²) in [6.45, 7) is 1.41. The van der Waals surface area contributed by atoms with Crippen LogP contribution < -0.4 is 19.7 Å². The van der Waals surface area contributed by atoms with Gasteiger partial charge in [-0.15, -0.1) is 0 Å². The van der Waals surface area contributed by atoms with E-state index in [2.05, 4.69) is 15.0 Å². The van der Waals surface area contributed by atoms with Gasteiger partial charge in [0, 0.05) is 32.1 Å². The molecule has 158 valence electrons. The van der Waals surface area contributed by atoms with Crippen LogP contribution in [-0.2, 0) is 9.53 Å². The second-order valence-electron chi connectivity index (χ2n) is 5.96. The highest BCUT2D eigenvalue weighted by Gasteiger charge is 2.26. The first kappa shape index (κ1) is 22.9. The molecular formula is C19H24F2N4O3S. The van der Waals surface area contributed by atoms with Gasteiger partial charge in [0.1, 0.15) is 5.03 Å². The number of benzene rings is 1. The summed E-state index contributed by atoms with van der Waals surface area (Å²) < 4.78 is 39.7. The van der Waals surface area contributed by atoms with Gasteiger partial charge in [0.25, 0.3) is 0 Å². The summed E-state index contributed by atoms with van der Waals surface area (Å²) in [5, 5.41) is 3.37. The second-order valence-corrected chi connectivity index (χ2v) is 6.99. The van der Waals surface area contributed by atoms with Crippen molar-refractivity contribution in [3.8, 4) is 5.75 Å². The van der Waals surface area contributed by atoms with Gasteiger partial charge in [0.15, 0.2) is 11.6 Å². The number of anilines is 2. The predicted molar refractivity (Wildman–Crippen MR) is 109 cm³/mol. The van der Waals surface area contributed by atoms with Crippen molar-refractivity contribution in [3.63, 3.8) is 0 Å². The highest BCUT2D eigenvalue weighted by atomic mass is 32.2. The maximum Gasteiger partial charge on any atom is 0.211 e. The van der Waals surface area contributed by atoms with E-state index in [1.807, 2.05) is 11.9 Å². The van der Waals surface area contributed by atoms with Crippen LogP contribution in [0.5, 0.6) is 5.75 Å². The Hall–Kier alpha value is -2.43. The van der Waals surface area contributed by atoms with Crippen LogP contribution in [0.2, 0.25) is 0 Å². The normalized spacial score (nSPS) is 15.5. The molecule has 1 unspecified atom stereocenters. The van der Waals surface area contributed by atoms with E-state index in [-0.39, 0.29) is 11.9 Å². The van der Waals surface area contributed by atoms with Crippen molar-refractivity contribution in [1.29, 1.82) is 0 Å². The molecule has 2 heterocycles. The van der Waals surface area contributed by atoms with Crippen molar-refractivity contribution in [1.82, 2.24) is 9.71 Å². The number of halogens is 2. The fraction of sp³-hybridized carbons (Fsp3) is 0.368. The molecule has 0 spiro atoms. The fourth-order valence-electron chi connectivity index (χ4n) is 2.83. The Kier molecular flexibility index (Phi) is 9.10. The number of carbonyl (C=O) groups excluding carboxylic acids is 1. The molecule has 0 saturated carbocycles. The lowest BCUT2D eigenvalue weighted by Gasteiger charge is -2.21. The zero-order valence-corrected chi connectivity index (χ0v) is 17.3. The molecule has 1 amide bonds. The van der Waals surface area contributed by atoms with Gasteiger partial charge in [-0.1, -0.05) is 0 Å². The number of carbonyl (C=O) groups is 1. The maximum atomic E-state index is 13.5. The number of ether oxygens (including phenoxy) is 2. The van der Waals surface area contributed by atoms with Gasteiger partial charge in [-0.2, -0.15) is 4.39 Å². The van der Waals surface area contributed by atoms with Crippen LogP contribution in [0.25, 0.3) is 0 Å². The lowest BCUT2D eigenvalue weighted by atomic mass is 10.2. The Morgan fingerprint density at radius 1 is 1.31 bits per heavy atom. The SMILES string of the molecule is CNSc1cc(NC=O)ccn1.COc1c(N2CCC(OC)C2)ccc(F)c1F. The van der Waals surface area contributed by atoms with Crippen LogP contribution in [-0.4, -0.2) is 51.9 Å². The molecule has 1 saturated heterocycles. The van der Waals surface area contributed by atoms with Gasteiger partial charge in [-0.05, 0) is 49.7 Å². The average molecular weight is 426 g/mol. The van der Waals surface area contributed by atoms with Crippen LogP contribution in [0.4, 0.5) is 20.2 Å². The predicted octanol–water partition coefficient (Wildman–Crippen LogP) is 3.07. The molecule has 1 fully saturated rings. The van der Waals surface area contributed by atoms with E-state index in [4.69, 9.17) is 9.47 Å². The Labute approximate surface area is 172 Å². The number of methoxy groups -OCH3 is 2. The topological polar surface area (TPSA) is 75.7 Å². The fourth-order valence-corrected chi connectivity index (χ4v) is 3.34. The molecule has 2 aromatic rings. The smallest absolute Gasteiger partial charge is 0.211 e. The summed E-state index contributed by atoms with van der Waals surface area (Å²) in [6.07, 6.45) is 3.29. The van der Waals surface area contributed by atoms with Gasteiger partial charge >= 0.3 is 0 Å². The highest BCUT2D eigenvalue weighted by Crippen LogP contribution is 2.34. The van der Waals surface area contributed by atoms with E-state index in [9.17, 15) is 13.6 Å². The van der Waals surface area contributed by atoms with Crippen LogP contribution in [0.1, 0.15) is 6.42 Å². The van der Waals surface area contributed by atoms with Crippen LogP contribution >= 0.6 is 11.9 Å². The van der Waals surface area contributed by atoms with Gasteiger partial charge in [-0.3, -0.25) is 9.52 Å². The standard InChI is InChI=1S/C12H15F2NO2.C7H9N3OS/c1-16-8-5-6-15(7-8)10-4-3-9(13)11(14)12(10)17-2;1-8-12-7-4-6(10-5-11)2-3-9-7/h3-4,8H,5-7H2,1-2H3;2-5,8H,1H3,(H,9,10,11). The van der Waals surface area contributed by atoms with E-state index < -0.39 is 11.6 Å². The van der Waals surface area contributed by atoms with E-state index >= 15 is 0 Å². The third-order valence-corrected chi connectivity index (χ3v) is 4.86. The zero-order chi connectivity index (χ0) is 21.2. The summed E-state index contributed by atoms with van der Waals surface area (Å²) in [6, 6.07) is 6.17. The zero-order valence-electron chi connectivity index (χ0n) is 16.4. The van der Waals surface area contributed by atoms with Crippen LogP contribution in [0, 0.1) is 11.6 Å². The molecule has 1 atom stereocenters. The molecule has 0 radical (unpaired) electrons. The number of nitrogens with one attached hydrogen (secondary N) is 2. The minimum atomic E-state index is -0.939. The van der Waals surface area contributed by atoms with Crippen molar-refractivity contribution in [2.24, 2.45) is 0 Å². The molecule has 1 aliphatic heterocycles. The van der Waals surface area contributed by atoms with E-state index in [0.29, 0.717) is 18.6 Å². The minimum absolute atomic E-state index is 0.0400. The highest BCUT2D eigenvalue weighted by molar-refractivity contribution is 7.97. The van der Waals surface area contributed by atoms with E-state index in [0.717, 1.165) is 29.7 Å². The minimum Gasteiger partial charge on any atom is -0.491 e. The molecule has 10 heteroatoms. The quantitative estimate of drug-likeness (QED) is 0.521. The average Bonchev–Trinajstić information content (AvgIpc) is 3.20. The molecule has 1 aliphatic rings. The summed E-state index contributed by atoms with van der Waals surface area (Å²) in [5.41, 5.74) is 1.32. The first-order valence-corrected chi connectivity index (χ1v) is 9.65. The van der Waals surface area contributed by atoms with Crippen LogP contribution in [0.15, 0.2) is 35.5 Å². The number of aromatic nitrogens is 1. The molecular weight excluding hydrogens is 402 g/mol. The number of rotatable bonds is 7. The number of nitrogens with zero attached hydrogens (tertiary/aromatic N) is 2. The lowest BCUT2D eigenvalue weighted by Crippen LogP contribution is -2.23. The summed E-state index contributed by atoms with van der Waals surface area (Å²) >= 11 is 1.40. The molecule has 0 bridgehead atoms. The summed E-state index contributed by atoms with van der Waals surface area (Å²) in [5.74, 6) is -1.87. The maximum absolute atomic E-state index is 13.5. The lowest BCUT2D eigenvalue weighted by molar-refractivity contribution is -0.105. The molecule has 0 aliphatic carbocycles. The van der Waals surface area contributed by atoms with Crippen LogP contribution in [0.3, 0.4) is 0 Å². The van der Waals surface area contributed by atoms with Gasteiger partial charge in [-0.25, -0.2) is 9.37 Å². The van der Waals surface area contributed by atoms with Gasteiger partial charge in [0.2, 0.25) is 12.2 Å². The molecule has 29 heavy (non-hydrogen) atoms. The molecule has 1 aromatic carbocycles. The third kappa shape index (κ3) is 6.28. The van der Waals surface area contributed by atoms with Crippen molar-refractivity contribution in [3.05, 3.63) is 42.1 Å². The first-order chi connectivity index (χ1) is 14.0. The number of hydrogen-bond donors (Lipinski definition) is 2.